The average Bonchev–Trinajstić information content (AvgIpc) is 2.31. The summed E-state index contributed by atoms with van der Waals surface area (Å²) < 4.78 is 5.39. The Bertz CT molecular complexity index is 405. The fraction of sp³-hybridized carbons (Fsp3) is 0.500. The van der Waals surface area contributed by atoms with E-state index < -0.39 is 0 Å². The van der Waals surface area contributed by atoms with Gasteiger partial charge in [-0.25, -0.2) is 0 Å². The molecular weight excluding hydrogens is 212 g/mol. The summed E-state index contributed by atoms with van der Waals surface area (Å²) in [7, 11) is 0. The number of nitrogens with zero attached hydrogens (tertiary/aromatic N) is 1. The first-order chi connectivity index (χ1) is 8.29. The standard InChI is InChI=1S/C14H18N2O/c1-11-8-13(9-11)16-10-12-4-2-3-5-14(12)17-7-6-15/h2-5,11,13,16H,7-10H2,1H3. The highest BCUT2D eigenvalue weighted by Crippen LogP contribution is 2.27. The molecule has 3 nitrogen and oxygen atoms in total. The molecule has 0 radical (unpaired) electrons. The van der Waals surface area contributed by atoms with E-state index in [1.807, 2.05) is 30.3 Å². The summed E-state index contributed by atoms with van der Waals surface area (Å²) in [6.07, 6.45) is 2.53. The monoisotopic (exact) mass is 230 g/mol. The van der Waals surface area contributed by atoms with Crippen molar-refractivity contribution in [2.45, 2.75) is 32.4 Å². The molecule has 2 rings (SSSR count). The minimum atomic E-state index is 0.109. The lowest BCUT2D eigenvalue weighted by Gasteiger charge is -2.33. The third-order valence-corrected chi connectivity index (χ3v) is 3.22. The van der Waals surface area contributed by atoms with Gasteiger partial charge in [0.25, 0.3) is 0 Å². The first-order valence-electron chi connectivity index (χ1n) is 6.10. The summed E-state index contributed by atoms with van der Waals surface area (Å²) in [6, 6.07) is 10.5. The van der Waals surface area contributed by atoms with E-state index in [-0.39, 0.29) is 6.61 Å². The molecule has 0 saturated heterocycles. The third-order valence-electron chi connectivity index (χ3n) is 3.22. The van der Waals surface area contributed by atoms with Crippen LogP contribution in [0, 0.1) is 17.2 Å². The molecule has 0 spiro atoms. The largest absolute Gasteiger partial charge is 0.478 e. The Kier molecular flexibility index (Phi) is 4.00. The molecule has 1 N–H and O–H groups in total. The molecule has 90 valence electrons. The van der Waals surface area contributed by atoms with Gasteiger partial charge in [-0.1, -0.05) is 25.1 Å². The maximum absolute atomic E-state index is 8.52. The first-order valence-corrected chi connectivity index (χ1v) is 6.10. The second kappa shape index (κ2) is 5.70. The average molecular weight is 230 g/mol. The van der Waals surface area contributed by atoms with Crippen molar-refractivity contribution in [3.8, 4) is 11.8 Å². The molecule has 17 heavy (non-hydrogen) atoms. The zero-order valence-corrected chi connectivity index (χ0v) is 10.1. The molecule has 0 aromatic heterocycles. The van der Waals surface area contributed by atoms with E-state index in [2.05, 4.69) is 12.2 Å². The Morgan fingerprint density at radius 1 is 1.41 bits per heavy atom. The Morgan fingerprint density at radius 2 is 2.18 bits per heavy atom. The predicted molar refractivity (Wildman–Crippen MR) is 66.6 cm³/mol. The molecule has 3 heteroatoms. The number of nitrogens with one attached hydrogen (secondary N) is 1. The number of para-hydroxylation sites is 1. The number of rotatable bonds is 5. The highest BCUT2D eigenvalue weighted by Gasteiger charge is 2.24. The zero-order chi connectivity index (χ0) is 12.1. The molecule has 1 aromatic rings. The van der Waals surface area contributed by atoms with Crippen molar-refractivity contribution in [1.82, 2.24) is 5.32 Å². The van der Waals surface area contributed by atoms with Crippen LogP contribution < -0.4 is 10.1 Å². The number of nitriles is 1. The predicted octanol–water partition coefficient (Wildman–Crippen LogP) is 2.48. The summed E-state index contributed by atoms with van der Waals surface area (Å²) in [5.74, 6) is 1.67. The smallest absolute Gasteiger partial charge is 0.174 e. The number of benzene rings is 1. The van der Waals surface area contributed by atoms with Gasteiger partial charge in [-0.05, 0) is 24.8 Å². The second-order valence-electron chi connectivity index (χ2n) is 4.71. The lowest BCUT2D eigenvalue weighted by molar-refractivity contribution is 0.239. The van der Waals surface area contributed by atoms with Crippen LogP contribution in [-0.2, 0) is 6.54 Å². The summed E-state index contributed by atoms with van der Waals surface area (Å²) in [5.41, 5.74) is 1.13. The van der Waals surface area contributed by atoms with Crippen molar-refractivity contribution in [3.05, 3.63) is 29.8 Å². The summed E-state index contributed by atoms with van der Waals surface area (Å²) in [4.78, 5) is 0. The molecular formula is C14H18N2O. The molecule has 0 aliphatic heterocycles. The van der Waals surface area contributed by atoms with Crippen LogP contribution in [0.3, 0.4) is 0 Å². The van der Waals surface area contributed by atoms with Crippen molar-refractivity contribution >= 4 is 0 Å². The van der Waals surface area contributed by atoms with E-state index in [1.165, 1.54) is 12.8 Å². The second-order valence-corrected chi connectivity index (χ2v) is 4.71. The van der Waals surface area contributed by atoms with Gasteiger partial charge >= 0.3 is 0 Å². The zero-order valence-electron chi connectivity index (χ0n) is 10.1. The lowest BCUT2D eigenvalue weighted by Crippen LogP contribution is -2.39. The molecule has 0 unspecified atom stereocenters. The molecule has 0 atom stereocenters. The SMILES string of the molecule is CC1CC(NCc2ccccc2OCC#N)C1. The highest BCUT2D eigenvalue weighted by molar-refractivity contribution is 5.33. The van der Waals surface area contributed by atoms with Gasteiger partial charge < -0.3 is 10.1 Å². The van der Waals surface area contributed by atoms with Crippen LogP contribution in [-0.4, -0.2) is 12.6 Å². The van der Waals surface area contributed by atoms with Crippen LogP contribution in [0.25, 0.3) is 0 Å². The Balaban J connectivity index is 1.88. The number of hydrogen-bond donors (Lipinski definition) is 1. The third kappa shape index (κ3) is 3.21. The Labute approximate surface area is 102 Å². The molecule has 1 aliphatic carbocycles. The van der Waals surface area contributed by atoms with E-state index >= 15 is 0 Å². The van der Waals surface area contributed by atoms with E-state index in [4.69, 9.17) is 10.00 Å². The minimum Gasteiger partial charge on any atom is -0.478 e. The van der Waals surface area contributed by atoms with Gasteiger partial charge in [0.15, 0.2) is 6.61 Å². The molecule has 1 saturated carbocycles. The van der Waals surface area contributed by atoms with E-state index in [9.17, 15) is 0 Å². The van der Waals surface area contributed by atoms with Gasteiger partial charge in [-0.2, -0.15) is 5.26 Å². The summed E-state index contributed by atoms with van der Waals surface area (Å²) >= 11 is 0. The van der Waals surface area contributed by atoms with Crippen molar-refractivity contribution in [2.75, 3.05) is 6.61 Å². The molecule has 0 heterocycles. The van der Waals surface area contributed by atoms with Gasteiger partial charge in [0.05, 0.1) is 0 Å². The first kappa shape index (κ1) is 11.9. The number of hydrogen-bond acceptors (Lipinski definition) is 3. The van der Waals surface area contributed by atoms with Crippen molar-refractivity contribution in [2.24, 2.45) is 5.92 Å². The lowest BCUT2D eigenvalue weighted by atomic mass is 9.82. The molecule has 0 amide bonds. The van der Waals surface area contributed by atoms with Gasteiger partial charge in [0, 0.05) is 18.2 Å². The van der Waals surface area contributed by atoms with Gasteiger partial charge in [0.2, 0.25) is 0 Å². The van der Waals surface area contributed by atoms with Crippen LogP contribution in [0.2, 0.25) is 0 Å². The Hall–Kier alpha value is -1.53. The normalized spacial score (nSPS) is 22.6. The molecule has 0 bridgehead atoms. The van der Waals surface area contributed by atoms with Crippen LogP contribution in [0.15, 0.2) is 24.3 Å². The van der Waals surface area contributed by atoms with Gasteiger partial charge in [-0.3, -0.25) is 0 Å². The minimum absolute atomic E-state index is 0.109. The van der Waals surface area contributed by atoms with E-state index in [1.54, 1.807) is 0 Å². The van der Waals surface area contributed by atoms with Crippen LogP contribution in [0.5, 0.6) is 5.75 Å². The molecule has 1 aliphatic rings. The number of ether oxygens (including phenoxy) is 1. The van der Waals surface area contributed by atoms with Crippen LogP contribution in [0.1, 0.15) is 25.3 Å². The Morgan fingerprint density at radius 3 is 2.88 bits per heavy atom. The van der Waals surface area contributed by atoms with Crippen LogP contribution >= 0.6 is 0 Å². The highest BCUT2D eigenvalue weighted by atomic mass is 16.5. The van der Waals surface area contributed by atoms with Gasteiger partial charge in [0.1, 0.15) is 11.8 Å². The van der Waals surface area contributed by atoms with Crippen molar-refractivity contribution < 1.29 is 4.74 Å². The fourth-order valence-corrected chi connectivity index (χ4v) is 2.22. The van der Waals surface area contributed by atoms with Gasteiger partial charge in [-0.15, -0.1) is 0 Å². The maximum Gasteiger partial charge on any atom is 0.174 e. The fourth-order valence-electron chi connectivity index (χ4n) is 2.22. The van der Waals surface area contributed by atoms with Crippen molar-refractivity contribution in [3.63, 3.8) is 0 Å². The maximum atomic E-state index is 8.52. The van der Waals surface area contributed by atoms with Crippen LogP contribution in [0.4, 0.5) is 0 Å². The topological polar surface area (TPSA) is 45.0 Å². The molecule has 1 fully saturated rings. The van der Waals surface area contributed by atoms with Crippen molar-refractivity contribution in [1.29, 1.82) is 5.26 Å². The summed E-state index contributed by atoms with van der Waals surface area (Å²) in [6.45, 7) is 3.21. The molecule has 1 aromatic carbocycles. The van der Waals surface area contributed by atoms with E-state index in [0.717, 1.165) is 23.8 Å². The summed E-state index contributed by atoms with van der Waals surface area (Å²) in [5, 5.41) is 12.0. The van der Waals surface area contributed by atoms with E-state index in [0.29, 0.717) is 6.04 Å². The quantitative estimate of drug-likeness (QED) is 0.845.